The van der Waals surface area contributed by atoms with Gasteiger partial charge in [0.15, 0.2) is 5.84 Å². The molecule has 2 heterocycles. The lowest BCUT2D eigenvalue weighted by Gasteiger charge is -2.39. The molecule has 2 fully saturated rings. The highest BCUT2D eigenvalue weighted by molar-refractivity contribution is 7.85. The van der Waals surface area contributed by atoms with Crippen LogP contribution in [0, 0.1) is 5.41 Å². The van der Waals surface area contributed by atoms with E-state index in [4.69, 9.17) is 15.7 Å². The van der Waals surface area contributed by atoms with Crippen molar-refractivity contribution in [3.8, 4) is 0 Å². The Morgan fingerprint density at radius 1 is 1.32 bits per heavy atom. The highest BCUT2D eigenvalue weighted by atomic mass is 32.2. The first-order valence-electron chi connectivity index (χ1n) is 6.30. The van der Waals surface area contributed by atoms with Gasteiger partial charge in [0.05, 0.1) is 0 Å². The first-order chi connectivity index (χ1) is 9.10. The first-order valence-corrected chi connectivity index (χ1v) is 7.79. The molecule has 2 aliphatic heterocycles. The summed E-state index contributed by atoms with van der Waals surface area (Å²) >= 11 is 0. The lowest BCUT2D eigenvalue weighted by atomic mass is 9.77. The minimum atomic E-state index is -0.966. The number of rotatable bonds is 2. The molecule has 0 aromatic heterocycles. The van der Waals surface area contributed by atoms with Crippen LogP contribution in [0.1, 0.15) is 12.8 Å². The molecule has 2 rings (SSSR count). The molecule has 2 saturated heterocycles. The molecule has 0 spiro atoms. The summed E-state index contributed by atoms with van der Waals surface area (Å²) in [4.78, 5) is 14.4. The van der Waals surface area contributed by atoms with E-state index in [-0.39, 0.29) is 11.7 Å². The predicted octanol–water partition coefficient (Wildman–Crippen LogP) is -0.879. The predicted molar refractivity (Wildman–Crippen MR) is 70.4 cm³/mol. The van der Waals surface area contributed by atoms with E-state index in [1.54, 1.807) is 4.90 Å². The topological polar surface area (TPSA) is 105 Å². The zero-order valence-corrected chi connectivity index (χ0v) is 11.5. The van der Waals surface area contributed by atoms with Gasteiger partial charge < -0.3 is 20.6 Å². The summed E-state index contributed by atoms with van der Waals surface area (Å²) in [6.07, 6.45) is 0.836. The maximum Gasteiger partial charge on any atom is 0.236 e. The van der Waals surface area contributed by atoms with E-state index in [1.807, 2.05) is 0 Å². The Bertz CT molecular complexity index is 397. The van der Waals surface area contributed by atoms with Gasteiger partial charge in [-0.15, -0.1) is 0 Å². The molecule has 0 radical (unpaired) electrons. The minimum Gasteiger partial charge on any atom is -0.409 e. The molecule has 0 atom stereocenters. The lowest BCUT2D eigenvalue weighted by Crippen LogP contribution is -2.56. The fourth-order valence-corrected chi connectivity index (χ4v) is 3.59. The van der Waals surface area contributed by atoms with Gasteiger partial charge in [-0.25, -0.2) is 0 Å². The molecule has 3 N–H and O–H groups in total. The van der Waals surface area contributed by atoms with E-state index in [0.717, 1.165) is 0 Å². The molecule has 0 aromatic rings. The first kappa shape index (κ1) is 14.3. The summed E-state index contributed by atoms with van der Waals surface area (Å²) in [6.45, 7) is 1.77. The second-order valence-corrected chi connectivity index (χ2v) is 6.52. The molecule has 108 valence electrons. The SMILES string of the molecule is NC(=NO)C1(C(=O)N2CCS(=O)CC2)CCOCC1. The van der Waals surface area contributed by atoms with Crippen molar-refractivity contribution in [3.05, 3.63) is 0 Å². The quantitative estimate of drug-likeness (QED) is 0.297. The van der Waals surface area contributed by atoms with Crippen LogP contribution in [0.5, 0.6) is 0 Å². The Morgan fingerprint density at radius 2 is 1.89 bits per heavy atom. The molecule has 0 aliphatic carbocycles. The van der Waals surface area contributed by atoms with Crippen molar-refractivity contribution in [1.29, 1.82) is 0 Å². The molecule has 0 aromatic carbocycles. The van der Waals surface area contributed by atoms with Crippen molar-refractivity contribution in [2.24, 2.45) is 16.3 Å². The normalized spacial score (nSPS) is 25.3. The summed E-state index contributed by atoms with van der Waals surface area (Å²) in [5.74, 6) is 0.804. The number of hydrogen-bond acceptors (Lipinski definition) is 5. The maximum atomic E-state index is 12.7. The monoisotopic (exact) mass is 289 g/mol. The second kappa shape index (κ2) is 5.87. The highest BCUT2D eigenvalue weighted by Gasteiger charge is 2.47. The minimum absolute atomic E-state index is 0.0486. The van der Waals surface area contributed by atoms with E-state index >= 15 is 0 Å². The molecular formula is C11H19N3O4S. The zero-order chi connectivity index (χ0) is 13.9. The van der Waals surface area contributed by atoms with Crippen molar-refractivity contribution in [2.75, 3.05) is 37.8 Å². The third kappa shape index (κ3) is 2.74. The van der Waals surface area contributed by atoms with Gasteiger partial charge >= 0.3 is 0 Å². The third-order valence-corrected chi connectivity index (χ3v) is 5.09. The van der Waals surface area contributed by atoms with Crippen LogP contribution in [0.3, 0.4) is 0 Å². The highest BCUT2D eigenvalue weighted by Crippen LogP contribution is 2.33. The summed E-state index contributed by atoms with van der Waals surface area (Å²) in [6, 6.07) is 0. The standard InChI is InChI=1S/C11H19N3O4S/c12-9(13-16)11(1-5-18-6-2-11)10(15)14-3-7-19(17)8-4-14/h16H,1-8H2,(H2,12,13). The molecule has 0 unspecified atom stereocenters. The number of nitrogens with two attached hydrogens (primary N) is 1. The number of nitrogens with zero attached hydrogens (tertiary/aromatic N) is 2. The fraction of sp³-hybridized carbons (Fsp3) is 0.818. The fourth-order valence-electron chi connectivity index (χ4n) is 2.54. The second-order valence-electron chi connectivity index (χ2n) is 4.82. The van der Waals surface area contributed by atoms with E-state index in [0.29, 0.717) is 50.7 Å². The number of oxime groups is 1. The molecule has 19 heavy (non-hydrogen) atoms. The average molecular weight is 289 g/mol. The Kier molecular flexibility index (Phi) is 4.41. The largest absolute Gasteiger partial charge is 0.409 e. The number of amides is 1. The van der Waals surface area contributed by atoms with Crippen molar-refractivity contribution in [2.45, 2.75) is 12.8 Å². The third-order valence-electron chi connectivity index (χ3n) is 3.82. The average Bonchev–Trinajstić information content (AvgIpc) is 2.47. The van der Waals surface area contributed by atoms with Gasteiger partial charge in [-0.3, -0.25) is 9.00 Å². The van der Waals surface area contributed by atoms with Crippen LogP contribution in [-0.2, 0) is 20.3 Å². The number of carbonyl (C=O) groups excluding carboxylic acids is 1. The Hall–Kier alpha value is -1.15. The lowest BCUT2D eigenvalue weighted by molar-refractivity contribution is -0.142. The maximum absolute atomic E-state index is 12.7. The molecule has 2 aliphatic rings. The summed E-state index contributed by atoms with van der Waals surface area (Å²) < 4.78 is 16.6. The summed E-state index contributed by atoms with van der Waals surface area (Å²) in [7, 11) is -0.838. The molecular weight excluding hydrogens is 270 g/mol. The zero-order valence-electron chi connectivity index (χ0n) is 10.7. The Labute approximate surface area is 114 Å². The molecule has 7 nitrogen and oxygen atoms in total. The van der Waals surface area contributed by atoms with E-state index < -0.39 is 16.2 Å². The van der Waals surface area contributed by atoms with Gasteiger partial charge in [-0.1, -0.05) is 5.16 Å². The van der Waals surface area contributed by atoms with Gasteiger partial charge in [-0.05, 0) is 12.8 Å². The number of hydrogen-bond donors (Lipinski definition) is 2. The number of ether oxygens (including phenoxy) is 1. The van der Waals surface area contributed by atoms with Gasteiger partial charge in [0.1, 0.15) is 5.41 Å². The number of amidine groups is 1. The van der Waals surface area contributed by atoms with Crippen molar-refractivity contribution >= 4 is 22.5 Å². The van der Waals surface area contributed by atoms with Gasteiger partial charge in [0, 0.05) is 48.6 Å². The van der Waals surface area contributed by atoms with Crippen LogP contribution in [0.25, 0.3) is 0 Å². The van der Waals surface area contributed by atoms with E-state index in [1.165, 1.54) is 0 Å². The molecule has 1 amide bonds. The smallest absolute Gasteiger partial charge is 0.236 e. The van der Waals surface area contributed by atoms with E-state index in [9.17, 15) is 9.00 Å². The van der Waals surface area contributed by atoms with Gasteiger partial charge in [0.25, 0.3) is 0 Å². The van der Waals surface area contributed by atoms with Crippen molar-refractivity contribution in [1.82, 2.24) is 4.90 Å². The molecule has 8 heteroatoms. The van der Waals surface area contributed by atoms with Gasteiger partial charge in [-0.2, -0.15) is 0 Å². The van der Waals surface area contributed by atoms with Crippen LogP contribution in [0.4, 0.5) is 0 Å². The molecule has 0 bridgehead atoms. The van der Waals surface area contributed by atoms with Crippen molar-refractivity contribution in [3.63, 3.8) is 0 Å². The number of carbonyl (C=O) groups is 1. The van der Waals surface area contributed by atoms with Crippen LogP contribution in [0.15, 0.2) is 5.16 Å². The van der Waals surface area contributed by atoms with Crippen LogP contribution in [0.2, 0.25) is 0 Å². The van der Waals surface area contributed by atoms with E-state index in [2.05, 4.69) is 5.16 Å². The Balaban J connectivity index is 2.18. The van der Waals surface area contributed by atoms with Crippen LogP contribution < -0.4 is 5.73 Å². The molecule has 0 saturated carbocycles. The summed E-state index contributed by atoms with van der Waals surface area (Å²) in [5, 5.41) is 12.0. The van der Waals surface area contributed by atoms with Crippen LogP contribution >= 0.6 is 0 Å². The summed E-state index contributed by atoms with van der Waals surface area (Å²) in [5.41, 5.74) is 4.79. The van der Waals surface area contributed by atoms with Crippen molar-refractivity contribution < 1.29 is 18.9 Å². The van der Waals surface area contributed by atoms with Crippen LogP contribution in [-0.4, -0.2) is 63.9 Å². The van der Waals surface area contributed by atoms with Gasteiger partial charge in [0.2, 0.25) is 5.91 Å². The Morgan fingerprint density at radius 3 is 2.42 bits per heavy atom.